The molecule has 0 radical (unpaired) electrons. The minimum Gasteiger partial charge on any atom is -0.280 e. The quantitative estimate of drug-likeness (QED) is 0.504. The van der Waals surface area contributed by atoms with Gasteiger partial charge in [-0.1, -0.05) is 24.3 Å². The Hall–Kier alpha value is -2.97. The van der Waals surface area contributed by atoms with Crippen molar-refractivity contribution in [3.8, 4) is 0 Å². The zero-order valence-electron chi connectivity index (χ0n) is 13.5. The maximum Gasteiger partial charge on any atom is 0.271 e. The second-order valence-corrected chi connectivity index (χ2v) is 7.87. The second-order valence-electron chi connectivity index (χ2n) is 5.21. The molecule has 0 aliphatic heterocycles. The first kappa shape index (κ1) is 17.8. The third kappa shape index (κ3) is 4.56. The largest absolute Gasteiger partial charge is 0.280 e. The molecule has 26 heavy (non-hydrogen) atoms. The van der Waals surface area contributed by atoms with Crippen molar-refractivity contribution in [2.24, 2.45) is 5.10 Å². The number of thiophene rings is 1. The zero-order valence-corrected chi connectivity index (χ0v) is 15.1. The van der Waals surface area contributed by atoms with Crippen LogP contribution < -0.4 is 10.1 Å². The molecule has 0 atom stereocenters. The Kier molecular flexibility index (Phi) is 5.45. The average molecular weight is 385 g/mol. The number of hydrogen-bond donors (Lipinski definition) is 2. The minimum absolute atomic E-state index is 0.171. The van der Waals surface area contributed by atoms with Gasteiger partial charge in [-0.3, -0.25) is 9.52 Å². The molecule has 0 bridgehead atoms. The van der Waals surface area contributed by atoms with Gasteiger partial charge in [0.1, 0.15) is 0 Å². The van der Waals surface area contributed by atoms with Crippen LogP contribution >= 0.6 is 11.3 Å². The number of sulfonamides is 1. The van der Waals surface area contributed by atoms with Gasteiger partial charge in [0.05, 0.1) is 11.1 Å². The highest BCUT2D eigenvalue weighted by Gasteiger charge is 2.13. The van der Waals surface area contributed by atoms with Crippen LogP contribution in [0, 0.1) is 0 Å². The molecule has 3 rings (SSSR count). The molecule has 0 aliphatic carbocycles. The molecule has 0 saturated heterocycles. The van der Waals surface area contributed by atoms with E-state index < -0.39 is 10.0 Å². The van der Waals surface area contributed by atoms with E-state index in [1.54, 1.807) is 24.4 Å². The number of hydrazone groups is 1. The van der Waals surface area contributed by atoms with Gasteiger partial charge in [-0.15, -0.1) is 11.3 Å². The van der Waals surface area contributed by atoms with Crippen molar-refractivity contribution >= 4 is 39.2 Å². The topological polar surface area (TPSA) is 87.6 Å². The third-order valence-corrected chi connectivity index (χ3v) is 5.56. The molecule has 1 amide bonds. The Morgan fingerprint density at radius 1 is 0.962 bits per heavy atom. The van der Waals surface area contributed by atoms with Crippen molar-refractivity contribution in [2.45, 2.75) is 4.90 Å². The van der Waals surface area contributed by atoms with Crippen LogP contribution in [0.25, 0.3) is 0 Å². The van der Waals surface area contributed by atoms with Gasteiger partial charge in [-0.05, 0) is 47.8 Å². The van der Waals surface area contributed by atoms with Gasteiger partial charge in [-0.25, -0.2) is 13.8 Å². The minimum atomic E-state index is -3.66. The molecule has 1 heterocycles. The highest BCUT2D eigenvalue weighted by atomic mass is 32.2. The van der Waals surface area contributed by atoms with E-state index in [0.29, 0.717) is 11.3 Å². The highest BCUT2D eigenvalue weighted by molar-refractivity contribution is 7.92. The average Bonchev–Trinajstić information content (AvgIpc) is 3.16. The highest BCUT2D eigenvalue weighted by Crippen LogP contribution is 2.16. The fraction of sp³-hybridized carbons (Fsp3) is 0. The lowest BCUT2D eigenvalue weighted by atomic mass is 10.2. The molecule has 2 aromatic carbocycles. The molecule has 132 valence electrons. The predicted octanol–water partition coefficient (Wildman–Crippen LogP) is 3.31. The Morgan fingerprint density at radius 2 is 1.69 bits per heavy atom. The molecule has 6 nitrogen and oxygen atoms in total. The SMILES string of the molecule is O=C(N/N=C/c1cccs1)c1ccc(NS(=O)(=O)c2ccccc2)cc1. The summed E-state index contributed by atoms with van der Waals surface area (Å²) in [4.78, 5) is 13.1. The smallest absolute Gasteiger partial charge is 0.271 e. The van der Waals surface area contributed by atoms with E-state index in [2.05, 4.69) is 15.2 Å². The van der Waals surface area contributed by atoms with Crippen molar-refractivity contribution in [3.05, 3.63) is 82.6 Å². The number of hydrogen-bond acceptors (Lipinski definition) is 5. The van der Waals surface area contributed by atoms with Crippen LogP contribution in [0.2, 0.25) is 0 Å². The van der Waals surface area contributed by atoms with E-state index in [0.717, 1.165) is 4.88 Å². The fourth-order valence-electron chi connectivity index (χ4n) is 2.09. The lowest BCUT2D eigenvalue weighted by Gasteiger charge is -2.08. The summed E-state index contributed by atoms with van der Waals surface area (Å²) in [5, 5.41) is 5.80. The van der Waals surface area contributed by atoms with Crippen LogP contribution in [0.5, 0.6) is 0 Å². The van der Waals surface area contributed by atoms with Gasteiger partial charge in [0.25, 0.3) is 15.9 Å². The van der Waals surface area contributed by atoms with E-state index in [-0.39, 0.29) is 10.8 Å². The first-order chi connectivity index (χ1) is 12.5. The normalized spacial score (nSPS) is 11.4. The predicted molar refractivity (Wildman–Crippen MR) is 103 cm³/mol. The molecule has 1 aromatic heterocycles. The molecule has 0 aliphatic rings. The van der Waals surface area contributed by atoms with E-state index in [4.69, 9.17) is 0 Å². The van der Waals surface area contributed by atoms with Crippen molar-refractivity contribution in [2.75, 3.05) is 4.72 Å². The van der Waals surface area contributed by atoms with E-state index >= 15 is 0 Å². The van der Waals surface area contributed by atoms with Gasteiger partial charge in [0.15, 0.2) is 0 Å². The van der Waals surface area contributed by atoms with Crippen molar-refractivity contribution in [1.82, 2.24) is 5.43 Å². The van der Waals surface area contributed by atoms with Gasteiger partial charge in [0, 0.05) is 16.1 Å². The summed E-state index contributed by atoms with van der Waals surface area (Å²) in [7, 11) is -3.66. The summed E-state index contributed by atoms with van der Waals surface area (Å²) >= 11 is 1.51. The number of anilines is 1. The Labute approximate surface area is 155 Å². The summed E-state index contributed by atoms with van der Waals surface area (Å²) < 4.78 is 27.0. The number of benzene rings is 2. The number of nitrogens with one attached hydrogen (secondary N) is 2. The first-order valence-electron chi connectivity index (χ1n) is 7.59. The monoisotopic (exact) mass is 385 g/mol. The van der Waals surface area contributed by atoms with Crippen LogP contribution in [-0.4, -0.2) is 20.5 Å². The van der Waals surface area contributed by atoms with E-state index in [1.165, 1.54) is 47.7 Å². The van der Waals surface area contributed by atoms with E-state index in [9.17, 15) is 13.2 Å². The maximum atomic E-state index is 12.3. The number of carbonyl (C=O) groups is 1. The van der Waals surface area contributed by atoms with E-state index in [1.807, 2.05) is 17.5 Å². The van der Waals surface area contributed by atoms with Gasteiger partial charge in [-0.2, -0.15) is 5.10 Å². The summed E-state index contributed by atoms with van der Waals surface area (Å²) in [5.74, 6) is -0.379. The van der Waals surface area contributed by atoms with Crippen molar-refractivity contribution < 1.29 is 13.2 Å². The summed E-state index contributed by atoms with van der Waals surface area (Å²) in [6.07, 6.45) is 1.56. The van der Waals surface area contributed by atoms with Crippen LogP contribution in [0.1, 0.15) is 15.2 Å². The molecule has 0 unspecified atom stereocenters. The number of carbonyl (C=O) groups excluding carboxylic acids is 1. The molecule has 2 N–H and O–H groups in total. The number of rotatable bonds is 6. The molecule has 0 fully saturated rings. The van der Waals surface area contributed by atoms with Crippen LogP contribution in [0.15, 0.2) is 82.1 Å². The van der Waals surface area contributed by atoms with Gasteiger partial charge >= 0.3 is 0 Å². The zero-order chi connectivity index (χ0) is 18.4. The first-order valence-corrected chi connectivity index (χ1v) is 9.96. The third-order valence-electron chi connectivity index (χ3n) is 3.35. The Bertz CT molecular complexity index is 998. The summed E-state index contributed by atoms with van der Waals surface area (Å²) in [6.45, 7) is 0. The number of nitrogens with zero attached hydrogens (tertiary/aromatic N) is 1. The number of amides is 1. The van der Waals surface area contributed by atoms with Gasteiger partial charge in [0.2, 0.25) is 0 Å². The maximum absolute atomic E-state index is 12.3. The lowest BCUT2D eigenvalue weighted by Crippen LogP contribution is -2.17. The van der Waals surface area contributed by atoms with Crippen LogP contribution in [-0.2, 0) is 10.0 Å². The van der Waals surface area contributed by atoms with Gasteiger partial charge < -0.3 is 0 Å². The summed E-state index contributed by atoms with van der Waals surface area (Å²) in [6, 6.07) is 17.9. The molecular weight excluding hydrogens is 370 g/mol. The standard InChI is InChI=1S/C18H15N3O3S2/c22-18(20-19-13-16-5-4-12-25-16)14-8-10-15(11-9-14)21-26(23,24)17-6-2-1-3-7-17/h1-13,21H,(H,20,22)/b19-13+. The molecule has 0 spiro atoms. The fourth-order valence-corrected chi connectivity index (χ4v) is 3.75. The molecule has 8 heteroatoms. The van der Waals surface area contributed by atoms with Crippen LogP contribution in [0.3, 0.4) is 0 Å². The molecule has 3 aromatic rings. The molecule has 0 saturated carbocycles. The Balaban J connectivity index is 1.64. The molecular formula is C18H15N3O3S2. The van der Waals surface area contributed by atoms with Crippen molar-refractivity contribution in [3.63, 3.8) is 0 Å². The van der Waals surface area contributed by atoms with Crippen LogP contribution in [0.4, 0.5) is 5.69 Å². The summed E-state index contributed by atoms with van der Waals surface area (Å²) in [5.41, 5.74) is 3.17. The Morgan fingerprint density at radius 3 is 2.35 bits per heavy atom. The lowest BCUT2D eigenvalue weighted by molar-refractivity contribution is 0.0955. The van der Waals surface area contributed by atoms with Crippen molar-refractivity contribution in [1.29, 1.82) is 0 Å². The second kappa shape index (κ2) is 7.94.